The molecule has 0 saturated heterocycles. The number of hydrogen-bond acceptors (Lipinski definition) is 3. The third-order valence-corrected chi connectivity index (χ3v) is 3.45. The zero-order chi connectivity index (χ0) is 9.80. The molecule has 0 fully saturated rings. The summed E-state index contributed by atoms with van der Waals surface area (Å²) in [6.07, 6.45) is 3.59. The maximum Gasteiger partial charge on any atom is 0.0965 e. The van der Waals surface area contributed by atoms with Gasteiger partial charge in [-0.25, -0.2) is 0 Å². The molecule has 2 rings (SSSR count). The number of rotatable bonds is 2. The van der Waals surface area contributed by atoms with Gasteiger partial charge in [-0.3, -0.25) is 4.99 Å². The van der Waals surface area contributed by atoms with E-state index < -0.39 is 0 Å². The maximum atomic E-state index is 5.84. The predicted octanol–water partition coefficient (Wildman–Crippen LogP) is 3.07. The van der Waals surface area contributed by atoms with Crippen molar-refractivity contribution in [3.63, 3.8) is 0 Å². The third kappa shape index (κ3) is 2.72. The first-order chi connectivity index (χ1) is 6.84. The summed E-state index contributed by atoms with van der Waals surface area (Å²) in [5, 5.41) is 3.35. The summed E-state index contributed by atoms with van der Waals surface area (Å²) < 4.78 is 0.854. The summed E-state index contributed by atoms with van der Waals surface area (Å²) in [5.41, 5.74) is 0. The Morgan fingerprint density at radius 2 is 2.36 bits per heavy atom. The van der Waals surface area contributed by atoms with E-state index in [2.05, 4.69) is 16.4 Å². The molecule has 0 aliphatic carbocycles. The lowest BCUT2D eigenvalue weighted by atomic mass is 10.2. The molecule has 4 heteroatoms. The normalized spacial score (nSPS) is 16.5. The fourth-order valence-electron chi connectivity index (χ4n) is 1.48. The molecule has 0 radical (unpaired) electrons. The molecule has 0 amide bonds. The quantitative estimate of drug-likeness (QED) is 0.827. The summed E-state index contributed by atoms with van der Waals surface area (Å²) >= 11 is 7.47. The van der Waals surface area contributed by atoms with E-state index >= 15 is 0 Å². The molecule has 0 saturated carbocycles. The van der Waals surface area contributed by atoms with Crippen LogP contribution in [0.5, 0.6) is 0 Å². The number of thiophene rings is 1. The fraction of sp³-hybridized carbons (Fsp3) is 0.500. The Labute approximate surface area is 93.0 Å². The predicted molar refractivity (Wildman–Crippen MR) is 62.3 cm³/mol. The zero-order valence-electron chi connectivity index (χ0n) is 7.92. The Morgan fingerprint density at radius 1 is 1.43 bits per heavy atom. The molecule has 1 aliphatic rings. The van der Waals surface area contributed by atoms with Gasteiger partial charge in [0.05, 0.1) is 16.7 Å². The van der Waals surface area contributed by atoms with Crippen molar-refractivity contribution < 1.29 is 0 Å². The Kier molecular flexibility index (Phi) is 3.43. The van der Waals surface area contributed by atoms with E-state index in [9.17, 15) is 0 Å². The van der Waals surface area contributed by atoms with Crippen molar-refractivity contribution in [2.75, 3.05) is 6.54 Å². The Morgan fingerprint density at radius 3 is 3.00 bits per heavy atom. The van der Waals surface area contributed by atoms with E-state index in [0.29, 0.717) is 0 Å². The Hall–Kier alpha value is -0.540. The van der Waals surface area contributed by atoms with Crippen LogP contribution in [-0.2, 0) is 6.54 Å². The van der Waals surface area contributed by atoms with Gasteiger partial charge >= 0.3 is 0 Å². The van der Waals surface area contributed by atoms with Gasteiger partial charge in [-0.05, 0) is 25.0 Å². The smallest absolute Gasteiger partial charge is 0.0965 e. The van der Waals surface area contributed by atoms with Crippen molar-refractivity contribution in [3.8, 4) is 0 Å². The molecule has 1 aromatic rings. The van der Waals surface area contributed by atoms with Crippen LogP contribution in [0.4, 0.5) is 0 Å². The molecule has 1 N–H and O–H groups in total. The number of aliphatic imine (C=N–C) groups is 1. The first-order valence-electron chi connectivity index (χ1n) is 4.86. The van der Waals surface area contributed by atoms with Gasteiger partial charge in [0.15, 0.2) is 0 Å². The van der Waals surface area contributed by atoms with E-state index in [0.717, 1.165) is 29.7 Å². The molecule has 2 heterocycles. The minimum absolute atomic E-state index is 0.854. The molecule has 0 bridgehead atoms. The highest BCUT2D eigenvalue weighted by molar-refractivity contribution is 7.16. The average molecular weight is 229 g/mol. The number of hydrogen-bond donors (Lipinski definition) is 1. The molecule has 0 aromatic carbocycles. The van der Waals surface area contributed by atoms with Crippen LogP contribution < -0.4 is 5.32 Å². The lowest BCUT2D eigenvalue weighted by molar-refractivity contribution is 0.707. The Bertz CT molecular complexity index is 333. The third-order valence-electron chi connectivity index (χ3n) is 2.22. The lowest BCUT2D eigenvalue weighted by Gasteiger charge is -2.12. The molecule has 0 unspecified atom stereocenters. The molecule has 2 nitrogen and oxygen atoms in total. The highest BCUT2D eigenvalue weighted by Crippen LogP contribution is 2.21. The number of nitrogens with zero attached hydrogens (tertiary/aromatic N) is 1. The Balaban J connectivity index is 1.84. The van der Waals surface area contributed by atoms with Gasteiger partial charge in [-0.1, -0.05) is 11.6 Å². The van der Waals surface area contributed by atoms with Gasteiger partial charge in [0.25, 0.3) is 0 Å². The highest BCUT2D eigenvalue weighted by Gasteiger charge is 2.04. The highest BCUT2D eigenvalue weighted by atomic mass is 35.5. The van der Waals surface area contributed by atoms with E-state index in [-0.39, 0.29) is 0 Å². The fourth-order valence-corrected chi connectivity index (χ4v) is 2.50. The van der Waals surface area contributed by atoms with Crippen LogP contribution in [0.3, 0.4) is 0 Å². The first kappa shape index (κ1) is 9.99. The van der Waals surface area contributed by atoms with Crippen LogP contribution >= 0.6 is 22.9 Å². The molecule has 1 aliphatic heterocycles. The van der Waals surface area contributed by atoms with E-state index in [1.807, 2.05) is 6.07 Å². The number of halogens is 1. The second-order valence-corrected chi connectivity index (χ2v) is 5.14. The van der Waals surface area contributed by atoms with Crippen molar-refractivity contribution >= 4 is 28.8 Å². The van der Waals surface area contributed by atoms with Gasteiger partial charge in [0.1, 0.15) is 0 Å². The van der Waals surface area contributed by atoms with Gasteiger partial charge < -0.3 is 5.32 Å². The van der Waals surface area contributed by atoms with E-state index in [1.165, 1.54) is 17.7 Å². The van der Waals surface area contributed by atoms with E-state index in [1.54, 1.807) is 11.3 Å². The van der Waals surface area contributed by atoms with Gasteiger partial charge in [0, 0.05) is 17.8 Å². The molecule has 0 atom stereocenters. The van der Waals surface area contributed by atoms with Crippen LogP contribution in [0.2, 0.25) is 4.34 Å². The van der Waals surface area contributed by atoms with Crippen molar-refractivity contribution in [2.24, 2.45) is 4.99 Å². The van der Waals surface area contributed by atoms with Crippen molar-refractivity contribution in [3.05, 3.63) is 21.3 Å². The first-order valence-corrected chi connectivity index (χ1v) is 6.05. The topological polar surface area (TPSA) is 24.4 Å². The van der Waals surface area contributed by atoms with Gasteiger partial charge in [0.2, 0.25) is 0 Å². The van der Waals surface area contributed by atoms with Crippen LogP contribution in [0.15, 0.2) is 17.1 Å². The largest absolute Gasteiger partial charge is 0.369 e. The van der Waals surface area contributed by atoms with Crippen LogP contribution in [0, 0.1) is 0 Å². The standard InChI is InChI=1S/C10H13ClN2S/c11-9-5-4-8(14-9)7-13-10-3-1-2-6-12-10/h4-5H,1-3,6-7H2,(H,12,13). The van der Waals surface area contributed by atoms with Crippen LogP contribution in [0.25, 0.3) is 0 Å². The summed E-state index contributed by atoms with van der Waals surface area (Å²) in [5.74, 6) is 1.15. The molecular weight excluding hydrogens is 216 g/mol. The van der Waals surface area contributed by atoms with Gasteiger partial charge in [-0.2, -0.15) is 0 Å². The summed E-state index contributed by atoms with van der Waals surface area (Å²) in [6.45, 7) is 1.84. The minimum atomic E-state index is 0.854. The summed E-state index contributed by atoms with van der Waals surface area (Å²) in [7, 11) is 0. The van der Waals surface area contributed by atoms with Crippen molar-refractivity contribution in [2.45, 2.75) is 25.8 Å². The second kappa shape index (κ2) is 4.80. The molecule has 76 valence electrons. The summed E-state index contributed by atoms with van der Waals surface area (Å²) in [4.78, 5) is 5.70. The molecular formula is C10H13ClN2S. The molecule has 0 spiro atoms. The number of amidine groups is 1. The average Bonchev–Trinajstić information content (AvgIpc) is 2.63. The zero-order valence-corrected chi connectivity index (χ0v) is 9.50. The minimum Gasteiger partial charge on any atom is -0.369 e. The monoisotopic (exact) mass is 228 g/mol. The lowest BCUT2D eigenvalue weighted by Crippen LogP contribution is -2.24. The van der Waals surface area contributed by atoms with Crippen molar-refractivity contribution in [1.29, 1.82) is 0 Å². The second-order valence-electron chi connectivity index (χ2n) is 3.34. The molecule has 1 aromatic heterocycles. The van der Waals surface area contributed by atoms with Gasteiger partial charge in [-0.15, -0.1) is 11.3 Å². The number of nitrogens with one attached hydrogen (secondary N) is 1. The van der Waals surface area contributed by atoms with E-state index in [4.69, 9.17) is 11.6 Å². The SMILES string of the molecule is Clc1ccc(CNC2=NCCCC2)s1. The van der Waals surface area contributed by atoms with Crippen LogP contribution in [-0.4, -0.2) is 12.4 Å². The van der Waals surface area contributed by atoms with Crippen molar-refractivity contribution in [1.82, 2.24) is 5.32 Å². The maximum absolute atomic E-state index is 5.84. The molecule has 14 heavy (non-hydrogen) atoms. The summed E-state index contributed by atoms with van der Waals surface area (Å²) in [6, 6.07) is 4.00. The van der Waals surface area contributed by atoms with Crippen LogP contribution in [0.1, 0.15) is 24.1 Å².